The van der Waals surface area contributed by atoms with Crippen molar-refractivity contribution >= 4 is 52.4 Å². The van der Waals surface area contributed by atoms with E-state index in [1.807, 2.05) is 6.92 Å². The number of imide groups is 1. The molecule has 3 aromatic rings. The van der Waals surface area contributed by atoms with Gasteiger partial charge in [0.05, 0.1) is 15.6 Å². The molecule has 0 aliphatic carbocycles. The van der Waals surface area contributed by atoms with Crippen molar-refractivity contribution in [3.05, 3.63) is 80.4 Å². The van der Waals surface area contributed by atoms with Gasteiger partial charge in [-0.1, -0.05) is 46.9 Å². The fourth-order valence-corrected chi connectivity index (χ4v) is 3.22. The number of nitrogens with one attached hydrogen (secondary N) is 2. The van der Waals surface area contributed by atoms with Gasteiger partial charge in [0.1, 0.15) is 10.8 Å². The number of aryl methyl sites for hydroxylation is 2. The molecule has 1 heterocycles. The molecule has 0 radical (unpaired) electrons. The van der Waals surface area contributed by atoms with Gasteiger partial charge in [0.2, 0.25) is 5.88 Å². The monoisotopic (exact) mass is 463 g/mol. The maximum Gasteiger partial charge on any atom is 0.326 e. The van der Waals surface area contributed by atoms with Crippen LogP contribution in [0.3, 0.4) is 0 Å². The highest BCUT2D eigenvalue weighted by Gasteiger charge is 2.16. The molecule has 0 saturated carbocycles. The Kier molecular flexibility index (Phi) is 6.82. The lowest BCUT2D eigenvalue weighted by molar-refractivity contribution is 0.0967. The lowest BCUT2D eigenvalue weighted by Crippen LogP contribution is -2.34. The van der Waals surface area contributed by atoms with Crippen LogP contribution in [-0.4, -0.2) is 16.9 Å². The third-order valence-electron chi connectivity index (χ3n) is 4.02. The number of nitrogens with zero attached hydrogens (tertiary/aromatic N) is 1. The van der Waals surface area contributed by atoms with Crippen molar-refractivity contribution in [3.8, 4) is 11.6 Å². The number of halogens is 3. The number of aromatic nitrogens is 1. The largest absolute Gasteiger partial charge is 0.436 e. The first-order valence-electron chi connectivity index (χ1n) is 8.71. The van der Waals surface area contributed by atoms with Gasteiger partial charge in [0.15, 0.2) is 0 Å². The highest BCUT2D eigenvalue weighted by molar-refractivity contribution is 6.34. The van der Waals surface area contributed by atoms with Crippen molar-refractivity contribution in [1.29, 1.82) is 0 Å². The number of anilines is 1. The molecule has 2 N–H and O–H groups in total. The van der Waals surface area contributed by atoms with E-state index in [1.54, 1.807) is 43.5 Å². The lowest BCUT2D eigenvalue weighted by atomic mass is 10.2. The minimum absolute atomic E-state index is 0.190. The summed E-state index contributed by atoms with van der Waals surface area (Å²) in [6.45, 7) is 3.61. The summed E-state index contributed by atoms with van der Waals surface area (Å²) in [7, 11) is 0. The van der Waals surface area contributed by atoms with Crippen LogP contribution in [0.4, 0.5) is 10.5 Å². The molecule has 0 saturated heterocycles. The number of hydrogen-bond donors (Lipinski definition) is 2. The molecule has 0 bridgehead atoms. The van der Waals surface area contributed by atoms with Gasteiger partial charge in [-0.3, -0.25) is 10.1 Å². The first-order chi connectivity index (χ1) is 14.2. The molecule has 2 aromatic carbocycles. The summed E-state index contributed by atoms with van der Waals surface area (Å²) >= 11 is 18.4. The van der Waals surface area contributed by atoms with Crippen molar-refractivity contribution in [2.75, 3.05) is 5.32 Å². The third kappa shape index (κ3) is 5.21. The first-order valence-corrected chi connectivity index (χ1v) is 9.85. The van der Waals surface area contributed by atoms with E-state index >= 15 is 0 Å². The van der Waals surface area contributed by atoms with E-state index in [9.17, 15) is 9.59 Å². The number of carbonyl (C=O) groups excluding carboxylic acids is 2. The summed E-state index contributed by atoms with van der Waals surface area (Å²) in [4.78, 5) is 28.6. The second-order valence-electron chi connectivity index (χ2n) is 6.39. The number of benzene rings is 2. The first kappa shape index (κ1) is 21.9. The number of amides is 3. The quantitative estimate of drug-likeness (QED) is 0.467. The molecule has 9 heteroatoms. The Morgan fingerprint density at radius 3 is 2.40 bits per heavy atom. The second kappa shape index (κ2) is 9.34. The van der Waals surface area contributed by atoms with E-state index in [4.69, 9.17) is 39.5 Å². The summed E-state index contributed by atoms with van der Waals surface area (Å²) in [6.07, 6.45) is 1.62. The maximum atomic E-state index is 12.2. The SMILES string of the molecule is Cc1cnc(Oc2cc(C)c(NC(=O)NC(=O)c3ccccc3Cl)cc2Cl)c(Cl)c1. The molecular formula is C21H16Cl3N3O3. The number of rotatable bonds is 4. The summed E-state index contributed by atoms with van der Waals surface area (Å²) < 4.78 is 5.70. The average Bonchev–Trinajstić information content (AvgIpc) is 2.68. The molecule has 154 valence electrons. The van der Waals surface area contributed by atoms with Crippen LogP contribution in [-0.2, 0) is 0 Å². The summed E-state index contributed by atoms with van der Waals surface area (Å²) in [5.41, 5.74) is 2.14. The topological polar surface area (TPSA) is 80.3 Å². The Balaban J connectivity index is 1.72. The number of carbonyl (C=O) groups is 2. The van der Waals surface area contributed by atoms with Gasteiger partial charge in [-0.05, 0) is 55.3 Å². The van der Waals surface area contributed by atoms with Crippen LogP contribution in [0.5, 0.6) is 11.6 Å². The Bertz CT molecular complexity index is 1140. The average molecular weight is 465 g/mol. The molecule has 0 aliphatic rings. The summed E-state index contributed by atoms with van der Waals surface area (Å²) in [5.74, 6) is -0.0835. The van der Waals surface area contributed by atoms with Gasteiger partial charge < -0.3 is 10.1 Å². The highest BCUT2D eigenvalue weighted by Crippen LogP contribution is 2.35. The smallest absolute Gasteiger partial charge is 0.326 e. The molecule has 30 heavy (non-hydrogen) atoms. The molecule has 6 nitrogen and oxygen atoms in total. The van der Waals surface area contributed by atoms with Gasteiger partial charge in [-0.25, -0.2) is 9.78 Å². The highest BCUT2D eigenvalue weighted by atomic mass is 35.5. The minimum Gasteiger partial charge on any atom is -0.436 e. The number of pyridine rings is 1. The van der Waals surface area contributed by atoms with Gasteiger partial charge >= 0.3 is 6.03 Å². The second-order valence-corrected chi connectivity index (χ2v) is 7.61. The van der Waals surface area contributed by atoms with E-state index in [-0.39, 0.29) is 21.5 Å². The Hall–Kier alpha value is -2.80. The van der Waals surface area contributed by atoms with E-state index in [2.05, 4.69) is 15.6 Å². The van der Waals surface area contributed by atoms with E-state index in [0.29, 0.717) is 22.0 Å². The molecule has 0 fully saturated rings. The van der Waals surface area contributed by atoms with Gasteiger partial charge in [-0.2, -0.15) is 0 Å². The fraction of sp³-hybridized carbons (Fsp3) is 0.0952. The van der Waals surface area contributed by atoms with Crippen LogP contribution in [0.1, 0.15) is 21.5 Å². The van der Waals surface area contributed by atoms with Crippen molar-refractivity contribution in [1.82, 2.24) is 10.3 Å². The van der Waals surface area contributed by atoms with Crippen LogP contribution in [0.15, 0.2) is 48.7 Å². The van der Waals surface area contributed by atoms with Crippen LogP contribution in [0, 0.1) is 13.8 Å². The maximum absolute atomic E-state index is 12.2. The lowest BCUT2D eigenvalue weighted by Gasteiger charge is -2.14. The number of urea groups is 1. The molecule has 3 rings (SSSR count). The Morgan fingerprint density at radius 1 is 0.967 bits per heavy atom. The molecular weight excluding hydrogens is 449 g/mol. The number of hydrogen-bond acceptors (Lipinski definition) is 4. The third-order valence-corrected chi connectivity index (χ3v) is 4.92. The Labute approximate surface area is 188 Å². The summed E-state index contributed by atoms with van der Waals surface area (Å²) in [5, 5.41) is 5.63. The van der Waals surface area contributed by atoms with Crippen molar-refractivity contribution in [2.45, 2.75) is 13.8 Å². The van der Waals surface area contributed by atoms with Gasteiger partial charge in [0, 0.05) is 11.9 Å². The molecule has 0 spiro atoms. The standard InChI is InChI=1S/C21H16Cl3N3O3/c1-11-7-16(24)20(25-10-11)30-18-8-12(2)17(9-15(18)23)26-21(29)27-19(28)13-5-3-4-6-14(13)22/h3-10H,1-2H3,(H2,26,27,28,29). The predicted molar refractivity (Wildman–Crippen MR) is 118 cm³/mol. The van der Waals surface area contributed by atoms with Crippen LogP contribution < -0.4 is 15.4 Å². The zero-order valence-corrected chi connectivity index (χ0v) is 18.2. The zero-order valence-electron chi connectivity index (χ0n) is 15.9. The predicted octanol–water partition coefficient (Wildman–Crippen LogP) is 6.41. The molecule has 0 atom stereocenters. The van der Waals surface area contributed by atoms with Crippen molar-refractivity contribution in [3.63, 3.8) is 0 Å². The summed E-state index contributed by atoms with van der Waals surface area (Å²) in [6, 6.07) is 10.6. The van der Waals surface area contributed by atoms with E-state index < -0.39 is 11.9 Å². The Morgan fingerprint density at radius 2 is 1.70 bits per heavy atom. The molecule has 0 aliphatic heterocycles. The van der Waals surface area contributed by atoms with Crippen LogP contribution >= 0.6 is 34.8 Å². The normalized spacial score (nSPS) is 10.4. The number of ether oxygens (including phenoxy) is 1. The molecule has 1 aromatic heterocycles. The van der Waals surface area contributed by atoms with E-state index in [1.165, 1.54) is 12.1 Å². The van der Waals surface area contributed by atoms with Crippen molar-refractivity contribution in [2.24, 2.45) is 0 Å². The molecule has 3 amide bonds. The zero-order chi connectivity index (χ0) is 21.8. The fourth-order valence-electron chi connectivity index (χ4n) is 2.54. The molecule has 0 unspecified atom stereocenters. The minimum atomic E-state index is -0.726. The van der Waals surface area contributed by atoms with Gasteiger partial charge in [-0.15, -0.1) is 0 Å². The van der Waals surface area contributed by atoms with Crippen LogP contribution in [0.2, 0.25) is 15.1 Å². The van der Waals surface area contributed by atoms with Crippen molar-refractivity contribution < 1.29 is 14.3 Å². The van der Waals surface area contributed by atoms with Gasteiger partial charge in [0.25, 0.3) is 5.91 Å². The van der Waals surface area contributed by atoms with Crippen LogP contribution in [0.25, 0.3) is 0 Å². The van der Waals surface area contributed by atoms with E-state index in [0.717, 1.165) is 5.56 Å².